The molecule has 1 rings (SSSR count). The third-order valence-electron chi connectivity index (χ3n) is 4.02. The van der Waals surface area contributed by atoms with Crippen molar-refractivity contribution in [2.24, 2.45) is 0 Å². The number of carbonyl (C=O) groups excluding carboxylic acids is 1. The molecular weight excluding hydrogens is 274 g/mol. The van der Waals surface area contributed by atoms with Crippen LogP contribution in [-0.2, 0) is 6.42 Å². The van der Waals surface area contributed by atoms with Gasteiger partial charge in [-0.15, -0.1) is 0 Å². The van der Waals surface area contributed by atoms with Crippen molar-refractivity contribution < 1.29 is 9.90 Å². The predicted octanol–water partition coefficient (Wildman–Crippen LogP) is 4.44. The summed E-state index contributed by atoms with van der Waals surface area (Å²) in [7, 11) is 0. The fraction of sp³-hybridized carbons (Fsp3) is 0.632. The van der Waals surface area contributed by atoms with Crippen LogP contribution in [0.15, 0.2) is 24.3 Å². The second kappa shape index (κ2) is 12.2. The lowest BCUT2D eigenvalue weighted by atomic mass is 10.0. The molecule has 22 heavy (non-hydrogen) atoms. The van der Waals surface area contributed by atoms with Crippen LogP contribution in [0.5, 0.6) is 0 Å². The molecule has 1 aromatic rings. The minimum atomic E-state index is -0.320. The van der Waals surface area contributed by atoms with Crippen molar-refractivity contribution in [3.63, 3.8) is 0 Å². The van der Waals surface area contributed by atoms with Gasteiger partial charge in [0.25, 0.3) is 5.91 Å². The summed E-state index contributed by atoms with van der Waals surface area (Å²) in [5, 5.41) is 11.1. The van der Waals surface area contributed by atoms with Crippen molar-refractivity contribution in [3.05, 3.63) is 35.4 Å². The highest BCUT2D eigenvalue weighted by Crippen LogP contribution is 2.12. The van der Waals surface area contributed by atoms with Crippen LogP contribution < -0.4 is 5.32 Å². The molecule has 3 heteroatoms. The van der Waals surface area contributed by atoms with E-state index in [0.29, 0.717) is 5.56 Å². The molecule has 0 aromatic heterocycles. The number of aliphatic hydroxyl groups excluding tert-OH is 1. The summed E-state index contributed by atoms with van der Waals surface area (Å²) in [4.78, 5) is 11.5. The quantitative estimate of drug-likeness (QED) is 0.443. The summed E-state index contributed by atoms with van der Waals surface area (Å²) >= 11 is 0. The van der Waals surface area contributed by atoms with E-state index in [1.54, 1.807) is 0 Å². The van der Waals surface area contributed by atoms with Crippen LogP contribution in [0.3, 0.4) is 0 Å². The number of rotatable bonds is 12. The number of carbonyl (C=O) groups is 1. The van der Waals surface area contributed by atoms with Crippen molar-refractivity contribution in [1.29, 1.82) is 0 Å². The molecule has 0 spiro atoms. The summed E-state index contributed by atoms with van der Waals surface area (Å²) < 4.78 is 0. The highest BCUT2D eigenvalue weighted by Gasteiger charge is 2.03. The van der Waals surface area contributed by atoms with Gasteiger partial charge in [0.2, 0.25) is 0 Å². The van der Waals surface area contributed by atoms with Gasteiger partial charge in [-0.2, -0.15) is 0 Å². The number of benzene rings is 1. The molecule has 0 saturated heterocycles. The third kappa shape index (κ3) is 8.18. The molecule has 0 atom stereocenters. The van der Waals surface area contributed by atoms with Gasteiger partial charge in [-0.1, -0.05) is 70.4 Å². The minimum Gasteiger partial charge on any atom is -0.376 e. The molecule has 0 aliphatic rings. The molecule has 1 aromatic carbocycles. The zero-order valence-electron chi connectivity index (χ0n) is 13.9. The molecule has 0 aliphatic carbocycles. The maximum absolute atomic E-state index is 11.5. The first-order valence-corrected chi connectivity index (χ1v) is 8.76. The molecule has 1 amide bonds. The van der Waals surface area contributed by atoms with E-state index in [1.807, 2.05) is 24.3 Å². The Morgan fingerprint density at radius 1 is 0.909 bits per heavy atom. The van der Waals surface area contributed by atoms with E-state index < -0.39 is 0 Å². The molecule has 0 bridgehead atoms. The van der Waals surface area contributed by atoms with Gasteiger partial charge >= 0.3 is 0 Å². The second-order valence-electron chi connectivity index (χ2n) is 5.94. The second-order valence-corrected chi connectivity index (χ2v) is 5.94. The lowest BCUT2D eigenvalue weighted by Crippen LogP contribution is -2.23. The molecule has 3 nitrogen and oxygen atoms in total. The van der Waals surface area contributed by atoms with E-state index in [-0.39, 0.29) is 12.6 Å². The van der Waals surface area contributed by atoms with Crippen LogP contribution >= 0.6 is 0 Å². The summed E-state index contributed by atoms with van der Waals surface area (Å²) in [6, 6.07) is 7.68. The molecule has 2 N–H and O–H groups in total. The maximum atomic E-state index is 11.5. The van der Waals surface area contributed by atoms with E-state index in [9.17, 15) is 4.79 Å². The Bertz CT molecular complexity index is 400. The van der Waals surface area contributed by atoms with E-state index in [0.717, 1.165) is 6.42 Å². The van der Waals surface area contributed by atoms with Crippen molar-refractivity contribution in [2.45, 2.75) is 71.1 Å². The summed E-state index contributed by atoms with van der Waals surface area (Å²) in [6.07, 6.45) is 13.2. The number of aryl methyl sites for hydroxylation is 1. The Kier molecular flexibility index (Phi) is 10.4. The summed E-state index contributed by atoms with van der Waals surface area (Å²) in [6.45, 7) is 1.94. The van der Waals surface area contributed by atoms with Gasteiger partial charge in [-0.25, -0.2) is 0 Å². The number of hydrogen-bond acceptors (Lipinski definition) is 2. The number of aliphatic hydroxyl groups is 1. The molecule has 0 unspecified atom stereocenters. The van der Waals surface area contributed by atoms with Crippen LogP contribution in [0.1, 0.15) is 80.6 Å². The van der Waals surface area contributed by atoms with Crippen LogP contribution in [0.4, 0.5) is 0 Å². The standard InChI is InChI=1S/C19H31NO2/c1-2-3-4-5-6-7-8-9-10-11-17-12-14-18(15-13-17)19(22)20-16-21/h12-15,21H,2-11,16H2,1H3,(H,20,22). The molecule has 124 valence electrons. The van der Waals surface area contributed by atoms with Gasteiger partial charge < -0.3 is 10.4 Å². The maximum Gasteiger partial charge on any atom is 0.253 e. The van der Waals surface area contributed by atoms with Gasteiger partial charge in [-0.05, 0) is 30.5 Å². The minimum absolute atomic E-state index is 0.225. The average Bonchev–Trinajstić information content (AvgIpc) is 2.54. The number of hydrogen-bond donors (Lipinski definition) is 2. The van der Waals surface area contributed by atoms with Crippen LogP contribution in [0, 0.1) is 0 Å². The fourth-order valence-corrected chi connectivity index (χ4v) is 2.64. The molecule has 0 radical (unpaired) electrons. The zero-order valence-corrected chi connectivity index (χ0v) is 13.9. The molecular formula is C19H31NO2. The monoisotopic (exact) mass is 305 g/mol. The smallest absolute Gasteiger partial charge is 0.253 e. The first-order valence-electron chi connectivity index (χ1n) is 8.76. The lowest BCUT2D eigenvalue weighted by molar-refractivity contribution is 0.0910. The Labute approximate surface area is 135 Å². The van der Waals surface area contributed by atoms with Crippen molar-refractivity contribution in [1.82, 2.24) is 5.32 Å². The largest absolute Gasteiger partial charge is 0.376 e. The fourth-order valence-electron chi connectivity index (χ4n) is 2.64. The topological polar surface area (TPSA) is 49.3 Å². The summed E-state index contributed by atoms with van der Waals surface area (Å²) in [5.41, 5.74) is 1.88. The van der Waals surface area contributed by atoms with Gasteiger partial charge in [0.1, 0.15) is 6.73 Å². The highest BCUT2D eigenvalue weighted by molar-refractivity contribution is 5.94. The zero-order chi connectivity index (χ0) is 16.0. The van der Waals surface area contributed by atoms with Gasteiger partial charge in [-0.3, -0.25) is 4.79 Å². The van der Waals surface area contributed by atoms with Crippen molar-refractivity contribution >= 4 is 5.91 Å². The number of amides is 1. The highest BCUT2D eigenvalue weighted by atomic mass is 16.3. The Morgan fingerprint density at radius 2 is 1.45 bits per heavy atom. The first kappa shape index (κ1) is 18.7. The Morgan fingerprint density at radius 3 is 2.00 bits per heavy atom. The number of nitrogens with one attached hydrogen (secondary N) is 1. The summed E-state index contributed by atoms with van der Waals surface area (Å²) in [5.74, 6) is -0.225. The first-order chi connectivity index (χ1) is 10.8. The van der Waals surface area contributed by atoms with Gasteiger partial charge in [0.15, 0.2) is 0 Å². The Hall–Kier alpha value is -1.35. The molecule has 0 fully saturated rings. The van der Waals surface area contributed by atoms with Crippen LogP contribution in [-0.4, -0.2) is 17.7 Å². The van der Waals surface area contributed by atoms with E-state index in [2.05, 4.69) is 12.2 Å². The SMILES string of the molecule is CCCCCCCCCCCc1ccc(C(=O)NCO)cc1. The number of unbranched alkanes of at least 4 members (excludes halogenated alkanes) is 8. The molecule has 0 saturated carbocycles. The van der Waals surface area contributed by atoms with E-state index >= 15 is 0 Å². The third-order valence-corrected chi connectivity index (χ3v) is 4.02. The van der Waals surface area contributed by atoms with Gasteiger partial charge in [0, 0.05) is 5.56 Å². The Balaban J connectivity index is 2.09. The van der Waals surface area contributed by atoms with Gasteiger partial charge in [0.05, 0.1) is 0 Å². The van der Waals surface area contributed by atoms with Crippen LogP contribution in [0.25, 0.3) is 0 Å². The lowest BCUT2D eigenvalue weighted by Gasteiger charge is -2.05. The average molecular weight is 305 g/mol. The van der Waals surface area contributed by atoms with E-state index in [4.69, 9.17) is 5.11 Å². The van der Waals surface area contributed by atoms with E-state index in [1.165, 1.54) is 63.4 Å². The predicted molar refractivity (Wildman–Crippen MR) is 91.9 cm³/mol. The normalized spacial score (nSPS) is 10.6. The van der Waals surface area contributed by atoms with Crippen molar-refractivity contribution in [3.8, 4) is 0 Å². The van der Waals surface area contributed by atoms with Crippen LogP contribution in [0.2, 0.25) is 0 Å². The van der Waals surface area contributed by atoms with Crippen molar-refractivity contribution in [2.75, 3.05) is 6.73 Å². The molecule has 0 aliphatic heterocycles. The molecule has 0 heterocycles.